The molecule has 0 saturated carbocycles. The Hall–Kier alpha value is -2.21. The number of nitrogens with one attached hydrogen (secondary N) is 2. The molecule has 6 nitrogen and oxygen atoms in total. The van der Waals surface area contributed by atoms with Crippen LogP contribution < -0.4 is 15.4 Å². The van der Waals surface area contributed by atoms with E-state index >= 15 is 0 Å². The minimum Gasteiger partial charge on any atom is -0.493 e. The molecule has 0 spiro atoms. The van der Waals surface area contributed by atoms with Crippen LogP contribution in [0.15, 0.2) is 27.6 Å². The van der Waals surface area contributed by atoms with Gasteiger partial charge in [-0.25, -0.2) is 4.98 Å². The lowest BCUT2D eigenvalue weighted by Crippen LogP contribution is -2.36. The molecule has 0 aliphatic rings. The molecule has 0 bridgehead atoms. The molecule has 24 heavy (non-hydrogen) atoms. The van der Waals surface area contributed by atoms with Gasteiger partial charge in [-0.1, -0.05) is 17.7 Å². The summed E-state index contributed by atoms with van der Waals surface area (Å²) in [4.78, 5) is 8.54. The number of aromatic nitrogens is 1. The van der Waals surface area contributed by atoms with Crippen LogP contribution in [0.2, 0.25) is 5.02 Å². The van der Waals surface area contributed by atoms with Crippen LogP contribution in [0, 0.1) is 13.8 Å². The van der Waals surface area contributed by atoms with Gasteiger partial charge in [0.15, 0.2) is 5.96 Å². The lowest BCUT2D eigenvalue weighted by molar-refractivity contribution is 0.336. The average Bonchev–Trinajstić information content (AvgIpc) is 2.88. The monoisotopic (exact) mass is 350 g/mol. The number of halogens is 1. The predicted molar refractivity (Wildman–Crippen MR) is 95.6 cm³/mol. The predicted octanol–water partition coefficient (Wildman–Crippen LogP) is 3.21. The Labute approximate surface area is 147 Å². The second kappa shape index (κ2) is 8.59. The Morgan fingerprint density at radius 2 is 2.04 bits per heavy atom. The number of hydrogen-bond acceptors (Lipinski definition) is 4. The van der Waals surface area contributed by atoms with Crippen molar-refractivity contribution in [1.82, 2.24) is 15.6 Å². The van der Waals surface area contributed by atoms with Gasteiger partial charge < -0.3 is 19.8 Å². The lowest BCUT2D eigenvalue weighted by atomic mass is 10.2. The molecular formula is C17H23ClN4O2. The summed E-state index contributed by atoms with van der Waals surface area (Å²) in [5, 5.41) is 7.07. The number of aryl methyl sites for hydroxylation is 2. The van der Waals surface area contributed by atoms with Crippen LogP contribution in [0.5, 0.6) is 5.75 Å². The van der Waals surface area contributed by atoms with E-state index in [-0.39, 0.29) is 0 Å². The van der Waals surface area contributed by atoms with Crippen molar-refractivity contribution < 1.29 is 9.15 Å². The smallest absolute Gasteiger partial charge is 0.214 e. The molecule has 0 aliphatic carbocycles. The van der Waals surface area contributed by atoms with E-state index in [4.69, 9.17) is 20.8 Å². The van der Waals surface area contributed by atoms with Gasteiger partial charge in [0.25, 0.3) is 0 Å². The van der Waals surface area contributed by atoms with Crippen LogP contribution in [0.4, 0.5) is 0 Å². The van der Waals surface area contributed by atoms with Crippen molar-refractivity contribution in [2.75, 3.05) is 13.7 Å². The fourth-order valence-corrected chi connectivity index (χ4v) is 2.30. The van der Waals surface area contributed by atoms with E-state index in [9.17, 15) is 0 Å². The summed E-state index contributed by atoms with van der Waals surface area (Å²) in [6, 6.07) is 5.60. The number of rotatable bonds is 6. The Morgan fingerprint density at radius 1 is 1.29 bits per heavy atom. The maximum Gasteiger partial charge on any atom is 0.214 e. The van der Waals surface area contributed by atoms with E-state index < -0.39 is 0 Å². The number of oxazole rings is 1. The third kappa shape index (κ3) is 4.89. The molecule has 0 aliphatic heterocycles. The van der Waals surface area contributed by atoms with Gasteiger partial charge in [0.05, 0.1) is 18.8 Å². The molecule has 1 heterocycles. The van der Waals surface area contributed by atoms with Crippen molar-refractivity contribution in [3.8, 4) is 5.75 Å². The molecule has 0 fully saturated rings. The van der Waals surface area contributed by atoms with Gasteiger partial charge in [0, 0.05) is 24.2 Å². The Kier molecular flexibility index (Phi) is 6.49. The molecule has 2 aromatic rings. The SMILES string of the molecule is CCOc1cc(Cl)ccc1CNC(=NC)NCc1nc(C)c(C)o1. The van der Waals surface area contributed by atoms with E-state index in [1.165, 1.54) is 0 Å². The number of aliphatic imine (C=N–C) groups is 1. The first-order valence-electron chi connectivity index (χ1n) is 7.82. The molecule has 130 valence electrons. The summed E-state index contributed by atoms with van der Waals surface area (Å²) >= 11 is 6.02. The fraction of sp³-hybridized carbons (Fsp3) is 0.412. The normalized spacial score (nSPS) is 11.5. The maximum atomic E-state index is 6.02. The topological polar surface area (TPSA) is 71.7 Å². The maximum absolute atomic E-state index is 6.02. The van der Waals surface area contributed by atoms with E-state index in [0.29, 0.717) is 36.6 Å². The average molecular weight is 351 g/mol. The van der Waals surface area contributed by atoms with Crippen LogP contribution in [0.1, 0.15) is 29.8 Å². The zero-order valence-electron chi connectivity index (χ0n) is 14.4. The second-order valence-corrected chi connectivity index (χ2v) is 5.65. The number of benzene rings is 1. The summed E-state index contributed by atoms with van der Waals surface area (Å²) in [5.41, 5.74) is 1.91. The molecule has 0 unspecified atom stereocenters. The van der Waals surface area contributed by atoms with Crippen LogP contribution in [0.25, 0.3) is 0 Å². The molecule has 7 heteroatoms. The third-order valence-electron chi connectivity index (χ3n) is 3.48. The van der Waals surface area contributed by atoms with E-state index in [1.54, 1.807) is 7.05 Å². The van der Waals surface area contributed by atoms with Crippen LogP contribution in [0.3, 0.4) is 0 Å². The molecular weight excluding hydrogens is 328 g/mol. The largest absolute Gasteiger partial charge is 0.493 e. The highest BCUT2D eigenvalue weighted by Gasteiger charge is 2.08. The van der Waals surface area contributed by atoms with Gasteiger partial charge in [0.1, 0.15) is 11.5 Å². The quantitative estimate of drug-likeness (QED) is 0.618. The first-order valence-corrected chi connectivity index (χ1v) is 8.20. The minimum absolute atomic E-state index is 0.466. The summed E-state index contributed by atoms with van der Waals surface area (Å²) in [5.74, 6) is 2.89. The van der Waals surface area contributed by atoms with Crippen molar-refractivity contribution in [2.45, 2.75) is 33.9 Å². The minimum atomic E-state index is 0.466. The van der Waals surface area contributed by atoms with Crippen molar-refractivity contribution in [3.63, 3.8) is 0 Å². The van der Waals surface area contributed by atoms with E-state index in [1.807, 2.05) is 39.0 Å². The number of ether oxygens (including phenoxy) is 1. The van der Waals surface area contributed by atoms with Gasteiger partial charge in [-0.3, -0.25) is 4.99 Å². The molecule has 0 radical (unpaired) electrons. The number of nitrogens with zero attached hydrogens (tertiary/aromatic N) is 2. The van der Waals surface area contributed by atoms with Gasteiger partial charge in [0.2, 0.25) is 5.89 Å². The van der Waals surface area contributed by atoms with E-state index in [0.717, 1.165) is 22.8 Å². The Bertz CT molecular complexity index is 693. The highest BCUT2D eigenvalue weighted by Crippen LogP contribution is 2.23. The number of hydrogen-bond donors (Lipinski definition) is 2. The van der Waals surface area contributed by atoms with Crippen molar-refractivity contribution in [2.24, 2.45) is 4.99 Å². The van der Waals surface area contributed by atoms with Crippen LogP contribution in [-0.4, -0.2) is 24.6 Å². The summed E-state index contributed by atoms with van der Waals surface area (Å²) < 4.78 is 11.2. The highest BCUT2D eigenvalue weighted by molar-refractivity contribution is 6.30. The summed E-state index contributed by atoms with van der Waals surface area (Å²) in [6.45, 7) is 7.38. The molecule has 0 atom stereocenters. The molecule has 2 N–H and O–H groups in total. The first kappa shape index (κ1) is 18.1. The van der Waals surface area contributed by atoms with Gasteiger partial charge >= 0.3 is 0 Å². The Morgan fingerprint density at radius 3 is 2.67 bits per heavy atom. The lowest BCUT2D eigenvalue weighted by Gasteiger charge is -2.14. The Balaban J connectivity index is 1.94. The molecule has 0 amide bonds. The van der Waals surface area contributed by atoms with Gasteiger partial charge in [-0.05, 0) is 32.9 Å². The first-order chi connectivity index (χ1) is 11.5. The van der Waals surface area contributed by atoms with Crippen molar-refractivity contribution in [1.29, 1.82) is 0 Å². The van der Waals surface area contributed by atoms with Gasteiger partial charge in [-0.2, -0.15) is 0 Å². The van der Waals surface area contributed by atoms with Crippen molar-refractivity contribution >= 4 is 17.6 Å². The fourth-order valence-electron chi connectivity index (χ4n) is 2.14. The standard InChI is InChI=1S/C17H23ClN4O2/c1-5-23-15-8-14(18)7-6-13(15)9-20-17(19-4)21-10-16-22-11(2)12(3)24-16/h6-8H,5,9-10H2,1-4H3,(H2,19,20,21). The zero-order valence-corrected chi connectivity index (χ0v) is 15.2. The number of guanidine groups is 1. The molecule has 2 rings (SSSR count). The van der Waals surface area contributed by atoms with E-state index in [2.05, 4.69) is 20.6 Å². The third-order valence-corrected chi connectivity index (χ3v) is 3.71. The molecule has 1 aromatic heterocycles. The van der Waals surface area contributed by atoms with Crippen LogP contribution in [-0.2, 0) is 13.1 Å². The highest BCUT2D eigenvalue weighted by atomic mass is 35.5. The van der Waals surface area contributed by atoms with Gasteiger partial charge in [-0.15, -0.1) is 0 Å². The molecule has 0 saturated heterocycles. The molecule has 1 aromatic carbocycles. The summed E-state index contributed by atoms with van der Waals surface area (Å²) in [6.07, 6.45) is 0. The van der Waals surface area contributed by atoms with Crippen LogP contribution >= 0.6 is 11.6 Å². The second-order valence-electron chi connectivity index (χ2n) is 5.21. The summed E-state index contributed by atoms with van der Waals surface area (Å²) in [7, 11) is 1.71. The zero-order chi connectivity index (χ0) is 17.5. The van der Waals surface area contributed by atoms with Crippen molar-refractivity contribution in [3.05, 3.63) is 46.1 Å².